The van der Waals surface area contributed by atoms with E-state index in [0.717, 1.165) is 37.3 Å². The summed E-state index contributed by atoms with van der Waals surface area (Å²) in [5.74, 6) is 2.60. The van der Waals surface area contributed by atoms with Gasteiger partial charge in [-0.3, -0.25) is 0 Å². The van der Waals surface area contributed by atoms with Crippen LogP contribution >= 0.6 is 0 Å². The van der Waals surface area contributed by atoms with Gasteiger partial charge in [0.05, 0.1) is 0 Å². The quantitative estimate of drug-likeness (QED) is 0.861. The van der Waals surface area contributed by atoms with Crippen LogP contribution in [0.25, 0.3) is 0 Å². The van der Waals surface area contributed by atoms with E-state index in [2.05, 4.69) is 45.9 Å². The first-order valence-corrected chi connectivity index (χ1v) is 10.6. The minimum Gasteiger partial charge on any atom is -0.367 e. The van der Waals surface area contributed by atoms with Crippen molar-refractivity contribution < 1.29 is 4.79 Å². The molecule has 0 spiro atoms. The maximum Gasteiger partial charge on any atom is 0.315 e. The smallest absolute Gasteiger partial charge is 0.315 e. The predicted molar refractivity (Wildman–Crippen MR) is 104 cm³/mol. The lowest BCUT2D eigenvalue weighted by Gasteiger charge is -2.56. The van der Waals surface area contributed by atoms with Crippen molar-refractivity contribution in [1.29, 1.82) is 0 Å². The zero-order chi connectivity index (χ0) is 17.6. The first kappa shape index (κ1) is 16.5. The molecular formula is C22H31N3O. The summed E-state index contributed by atoms with van der Waals surface area (Å²) in [5.41, 5.74) is 1.38. The van der Waals surface area contributed by atoms with E-state index in [9.17, 15) is 4.79 Å². The van der Waals surface area contributed by atoms with Crippen LogP contribution < -0.4 is 15.5 Å². The second kappa shape index (κ2) is 6.47. The zero-order valence-electron chi connectivity index (χ0n) is 15.6. The van der Waals surface area contributed by atoms with E-state index < -0.39 is 0 Å². The molecule has 4 aliphatic carbocycles. The average Bonchev–Trinajstić information content (AvgIpc) is 3.08. The Morgan fingerprint density at radius 1 is 1.04 bits per heavy atom. The Labute approximate surface area is 156 Å². The summed E-state index contributed by atoms with van der Waals surface area (Å²) in [5, 5.41) is 6.64. The fraction of sp³-hybridized carbons (Fsp3) is 0.682. The third kappa shape index (κ3) is 3.08. The highest BCUT2D eigenvalue weighted by molar-refractivity contribution is 5.75. The number of anilines is 1. The fourth-order valence-corrected chi connectivity index (χ4v) is 6.77. The summed E-state index contributed by atoms with van der Waals surface area (Å²) in [6.07, 6.45) is 10.2. The van der Waals surface area contributed by atoms with Crippen molar-refractivity contribution in [3.05, 3.63) is 30.3 Å². The number of amides is 2. The van der Waals surface area contributed by atoms with Crippen LogP contribution in [0.4, 0.5) is 10.5 Å². The molecule has 6 rings (SSSR count). The lowest BCUT2D eigenvalue weighted by atomic mass is 9.53. The molecule has 1 aromatic rings. The van der Waals surface area contributed by atoms with Gasteiger partial charge in [-0.1, -0.05) is 18.2 Å². The van der Waals surface area contributed by atoms with Crippen molar-refractivity contribution in [2.75, 3.05) is 18.0 Å². The minimum atomic E-state index is 0.0619. The number of urea groups is 1. The molecule has 4 bridgehead atoms. The SMILES string of the molecule is O=C(NCC1CCCN1c1ccccc1)NC12CC3CC(CC(C3)C1)C2. The van der Waals surface area contributed by atoms with Gasteiger partial charge in [0.15, 0.2) is 0 Å². The standard InChI is InChI=1S/C22H31N3O/c26-21(24-22-12-16-9-17(13-22)11-18(10-16)14-22)23-15-20-7-4-8-25(20)19-5-2-1-3-6-19/h1-3,5-6,16-18,20H,4,7-15H2,(H2,23,24,26). The largest absolute Gasteiger partial charge is 0.367 e. The van der Waals surface area contributed by atoms with Gasteiger partial charge in [0.25, 0.3) is 0 Å². The molecule has 26 heavy (non-hydrogen) atoms. The van der Waals surface area contributed by atoms with Crippen molar-refractivity contribution in [3.8, 4) is 0 Å². The first-order chi connectivity index (χ1) is 12.7. The van der Waals surface area contributed by atoms with Crippen LogP contribution in [0.15, 0.2) is 30.3 Å². The normalized spacial score (nSPS) is 37.8. The van der Waals surface area contributed by atoms with Crippen LogP contribution in [-0.2, 0) is 0 Å². The van der Waals surface area contributed by atoms with Gasteiger partial charge in [0.2, 0.25) is 0 Å². The number of rotatable bonds is 4. The van der Waals surface area contributed by atoms with Crippen molar-refractivity contribution in [1.82, 2.24) is 10.6 Å². The third-order valence-corrected chi connectivity index (χ3v) is 7.38. The molecule has 2 amide bonds. The first-order valence-electron chi connectivity index (χ1n) is 10.6. The van der Waals surface area contributed by atoms with Crippen LogP contribution in [0.3, 0.4) is 0 Å². The monoisotopic (exact) mass is 353 g/mol. The predicted octanol–water partition coefficient (Wildman–Crippen LogP) is 3.92. The zero-order valence-corrected chi connectivity index (χ0v) is 15.6. The molecule has 0 aromatic heterocycles. The Hall–Kier alpha value is -1.71. The average molecular weight is 354 g/mol. The molecule has 4 heteroatoms. The number of nitrogens with one attached hydrogen (secondary N) is 2. The summed E-state index contributed by atoms with van der Waals surface area (Å²) in [6.45, 7) is 1.83. The van der Waals surface area contributed by atoms with E-state index in [0.29, 0.717) is 6.04 Å². The van der Waals surface area contributed by atoms with Gasteiger partial charge in [-0.15, -0.1) is 0 Å². The molecule has 1 aromatic carbocycles. The number of nitrogens with zero attached hydrogens (tertiary/aromatic N) is 1. The molecule has 5 aliphatic rings. The summed E-state index contributed by atoms with van der Waals surface area (Å²) >= 11 is 0. The van der Waals surface area contributed by atoms with Gasteiger partial charge in [-0.05, 0) is 81.3 Å². The van der Waals surface area contributed by atoms with E-state index in [1.54, 1.807) is 0 Å². The highest BCUT2D eigenvalue weighted by Crippen LogP contribution is 2.55. The van der Waals surface area contributed by atoms with Crippen molar-refractivity contribution in [2.45, 2.75) is 62.9 Å². The molecule has 1 unspecified atom stereocenters. The van der Waals surface area contributed by atoms with Gasteiger partial charge < -0.3 is 15.5 Å². The topological polar surface area (TPSA) is 44.4 Å². The summed E-state index contributed by atoms with van der Waals surface area (Å²) < 4.78 is 0. The lowest BCUT2D eigenvalue weighted by Crippen LogP contribution is -2.61. The summed E-state index contributed by atoms with van der Waals surface area (Å²) in [4.78, 5) is 15.1. The van der Waals surface area contributed by atoms with Crippen LogP contribution in [-0.4, -0.2) is 30.7 Å². The minimum absolute atomic E-state index is 0.0619. The molecule has 5 fully saturated rings. The van der Waals surface area contributed by atoms with Crippen LogP contribution in [0.5, 0.6) is 0 Å². The van der Waals surface area contributed by atoms with E-state index in [-0.39, 0.29) is 11.6 Å². The Morgan fingerprint density at radius 3 is 2.35 bits per heavy atom. The molecule has 1 heterocycles. The summed E-state index contributed by atoms with van der Waals surface area (Å²) in [7, 11) is 0. The van der Waals surface area contributed by atoms with Gasteiger partial charge in [-0.25, -0.2) is 4.79 Å². The lowest BCUT2D eigenvalue weighted by molar-refractivity contribution is -0.0135. The number of benzene rings is 1. The molecule has 140 valence electrons. The number of hydrogen-bond acceptors (Lipinski definition) is 2. The Morgan fingerprint density at radius 2 is 1.69 bits per heavy atom. The molecule has 4 saturated carbocycles. The van der Waals surface area contributed by atoms with Gasteiger partial charge in [-0.2, -0.15) is 0 Å². The second-order valence-electron chi connectivity index (χ2n) is 9.36. The van der Waals surface area contributed by atoms with Crippen LogP contribution in [0, 0.1) is 17.8 Å². The van der Waals surface area contributed by atoms with E-state index in [1.165, 1.54) is 50.6 Å². The number of hydrogen-bond donors (Lipinski definition) is 2. The Bertz CT molecular complexity index is 623. The Balaban J connectivity index is 1.18. The summed E-state index contributed by atoms with van der Waals surface area (Å²) in [6, 6.07) is 11.1. The van der Waals surface area contributed by atoms with Crippen LogP contribution in [0.1, 0.15) is 51.4 Å². The van der Waals surface area contributed by atoms with Crippen molar-refractivity contribution in [3.63, 3.8) is 0 Å². The molecule has 1 atom stereocenters. The third-order valence-electron chi connectivity index (χ3n) is 7.38. The van der Waals surface area contributed by atoms with E-state index >= 15 is 0 Å². The molecule has 1 aliphatic heterocycles. The van der Waals surface area contributed by atoms with Gasteiger partial charge in [0.1, 0.15) is 0 Å². The molecule has 4 nitrogen and oxygen atoms in total. The number of carbonyl (C=O) groups excluding carboxylic acids is 1. The van der Waals surface area contributed by atoms with E-state index in [4.69, 9.17) is 0 Å². The highest BCUT2D eigenvalue weighted by Gasteiger charge is 2.51. The second-order valence-corrected chi connectivity index (χ2v) is 9.36. The molecule has 1 saturated heterocycles. The van der Waals surface area contributed by atoms with Gasteiger partial charge >= 0.3 is 6.03 Å². The maximum atomic E-state index is 12.7. The van der Waals surface area contributed by atoms with Crippen LogP contribution in [0.2, 0.25) is 0 Å². The van der Waals surface area contributed by atoms with Gasteiger partial charge in [0, 0.05) is 30.4 Å². The van der Waals surface area contributed by atoms with E-state index in [1.807, 2.05) is 0 Å². The van der Waals surface area contributed by atoms with Crippen molar-refractivity contribution in [2.24, 2.45) is 17.8 Å². The molecular weight excluding hydrogens is 322 g/mol. The fourth-order valence-electron chi connectivity index (χ4n) is 6.77. The highest BCUT2D eigenvalue weighted by atomic mass is 16.2. The molecule has 0 radical (unpaired) electrons. The number of para-hydroxylation sites is 1. The molecule has 2 N–H and O–H groups in total. The van der Waals surface area contributed by atoms with Crippen molar-refractivity contribution >= 4 is 11.7 Å². The Kier molecular flexibility index (Phi) is 4.10. The maximum absolute atomic E-state index is 12.7. The number of carbonyl (C=O) groups is 1.